The van der Waals surface area contributed by atoms with E-state index >= 15 is 0 Å². The van der Waals surface area contributed by atoms with E-state index in [1.807, 2.05) is 0 Å². The SMILES string of the molecule is O=C(CCCOc1ccc(Cl)cc1Cl)N/N=C/c1ccccc1C(F)(F)F. The molecular formula is C18H15Cl2F3N2O2. The summed E-state index contributed by atoms with van der Waals surface area (Å²) in [5.41, 5.74) is 1.24. The fraction of sp³-hybridized carbons (Fsp3) is 0.222. The number of benzene rings is 2. The first-order chi connectivity index (χ1) is 12.8. The van der Waals surface area contributed by atoms with Crippen LogP contribution in [0.5, 0.6) is 5.75 Å². The summed E-state index contributed by atoms with van der Waals surface area (Å²) in [6.45, 7) is 0.232. The first-order valence-corrected chi connectivity index (χ1v) is 8.59. The van der Waals surface area contributed by atoms with Crippen LogP contribution in [0.1, 0.15) is 24.0 Å². The Labute approximate surface area is 163 Å². The lowest BCUT2D eigenvalue weighted by atomic mass is 10.1. The van der Waals surface area contributed by atoms with Gasteiger partial charge in [0.05, 0.1) is 23.4 Å². The molecule has 0 saturated heterocycles. The van der Waals surface area contributed by atoms with Gasteiger partial charge in [-0.2, -0.15) is 18.3 Å². The number of hydrogen-bond acceptors (Lipinski definition) is 3. The Morgan fingerprint density at radius 2 is 1.93 bits per heavy atom. The summed E-state index contributed by atoms with van der Waals surface area (Å²) in [5, 5.41) is 4.42. The molecule has 144 valence electrons. The van der Waals surface area contributed by atoms with Crippen molar-refractivity contribution < 1.29 is 22.7 Å². The van der Waals surface area contributed by atoms with E-state index in [0.29, 0.717) is 22.2 Å². The van der Waals surface area contributed by atoms with Crippen LogP contribution in [0.25, 0.3) is 0 Å². The number of rotatable bonds is 7. The molecule has 2 rings (SSSR count). The summed E-state index contributed by atoms with van der Waals surface area (Å²) in [7, 11) is 0. The molecule has 0 aliphatic carbocycles. The molecule has 0 unspecified atom stereocenters. The smallest absolute Gasteiger partial charge is 0.417 e. The van der Waals surface area contributed by atoms with Crippen molar-refractivity contribution in [2.75, 3.05) is 6.61 Å². The van der Waals surface area contributed by atoms with Gasteiger partial charge in [-0.1, -0.05) is 41.4 Å². The second kappa shape index (κ2) is 9.62. The molecule has 0 heterocycles. The van der Waals surface area contributed by atoms with E-state index in [-0.39, 0.29) is 18.6 Å². The van der Waals surface area contributed by atoms with Crippen LogP contribution in [-0.2, 0) is 11.0 Å². The molecule has 0 atom stereocenters. The van der Waals surface area contributed by atoms with E-state index in [4.69, 9.17) is 27.9 Å². The maximum atomic E-state index is 12.9. The predicted molar refractivity (Wildman–Crippen MR) is 98.4 cm³/mol. The van der Waals surface area contributed by atoms with Crippen LogP contribution in [0.3, 0.4) is 0 Å². The summed E-state index contributed by atoms with van der Waals surface area (Å²) in [4.78, 5) is 11.7. The number of ether oxygens (including phenoxy) is 1. The molecule has 4 nitrogen and oxygen atoms in total. The Kier molecular flexibility index (Phi) is 7.50. The molecular weight excluding hydrogens is 404 g/mol. The van der Waals surface area contributed by atoms with Gasteiger partial charge in [0.25, 0.3) is 0 Å². The van der Waals surface area contributed by atoms with Crippen LogP contribution in [0.4, 0.5) is 13.2 Å². The average Bonchev–Trinajstić information content (AvgIpc) is 2.60. The van der Waals surface area contributed by atoms with Crippen LogP contribution in [0.2, 0.25) is 10.0 Å². The van der Waals surface area contributed by atoms with Crippen molar-refractivity contribution >= 4 is 35.3 Å². The third-order valence-electron chi connectivity index (χ3n) is 3.36. The van der Waals surface area contributed by atoms with Gasteiger partial charge in [-0.25, -0.2) is 5.43 Å². The molecule has 0 spiro atoms. The highest BCUT2D eigenvalue weighted by molar-refractivity contribution is 6.35. The summed E-state index contributed by atoms with van der Waals surface area (Å²) in [5.74, 6) is 0.00444. The highest BCUT2D eigenvalue weighted by Gasteiger charge is 2.32. The Hall–Kier alpha value is -2.25. The largest absolute Gasteiger partial charge is 0.492 e. The first-order valence-electron chi connectivity index (χ1n) is 7.83. The second-order valence-corrected chi connectivity index (χ2v) is 6.25. The van der Waals surface area contributed by atoms with Crippen molar-refractivity contribution in [1.82, 2.24) is 5.43 Å². The van der Waals surface area contributed by atoms with Crippen molar-refractivity contribution in [3.05, 3.63) is 63.6 Å². The number of hydrazone groups is 1. The monoisotopic (exact) mass is 418 g/mol. The van der Waals surface area contributed by atoms with E-state index in [9.17, 15) is 18.0 Å². The van der Waals surface area contributed by atoms with Crippen LogP contribution in [0, 0.1) is 0 Å². The van der Waals surface area contributed by atoms with Crippen molar-refractivity contribution in [3.8, 4) is 5.75 Å². The number of carbonyl (C=O) groups excluding carboxylic acids is 1. The third kappa shape index (κ3) is 6.77. The van der Waals surface area contributed by atoms with Crippen LogP contribution < -0.4 is 10.2 Å². The zero-order chi connectivity index (χ0) is 19.9. The lowest BCUT2D eigenvalue weighted by Gasteiger charge is -2.09. The fourth-order valence-corrected chi connectivity index (χ4v) is 2.57. The van der Waals surface area contributed by atoms with Gasteiger partial charge >= 0.3 is 6.18 Å². The Bertz CT molecular complexity index is 826. The van der Waals surface area contributed by atoms with Crippen molar-refractivity contribution in [2.45, 2.75) is 19.0 Å². The van der Waals surface area contributed by atoms with Gasteiger partial charge in [0, 0.05) is 17.0 Å². The fourth-order valence-electron chi connectivity index (χ4n) is 2.10. The molecule has 9 heteroatoms. The van der Waals surface area contributed by atoms with Gasteiger partial charge in [-0.3, -0.25) is 4.79 Å². The molecule has 27 heavy (non-hydrogen) atoms. The number of hydrogen-bond donors (Lipinski definition) is 1. The van der Waals surface area contributed by atoms with Gasteiger partial charge in [-0.15, -0.1) is 0 Å². The van der Waals surface area contributed by atoms with E-state index in [1.54, 1.807) is 18.2 Å². The second-order valence-electron chi connectivity index (χ2n) is 5.40. The van der Waals surface area contributed by atoms with Gasteiger partial charge in [0.1, 0.15) is 5.75 Å². The normalized spacial score (nSPS) is 11.6. The van der Waals surface area contributed by atoms with Gasteiger partial charge in [0.2, 0.25) is 5.91 Å². The zero-order valence-electron chi connectivity index (χ0n) is 13.9. The molecule has 1 N–H and O–H groups in total. The summed E-state index contributed by atoms with van der Waals surface area (Å²) in [6.07, 6.45) is -3.07. The standard InChI is InChI=1S/C18H15Cl2F3N2O2/c19-13-7-8-16(15(20)10-13)27-9-3-6-17(26)25-24-11-12-4-1-2-5-14(12)18(21,22)23/h1-2,4-5,7-8,10-11H,3,6,9H2,(H,25,26)/b24-11+. The van der Waals surface area contributed by atoms with E-state index in [0.717, 1.165) is 12.3 Å². The molecule has 0 saturated carbocycles. The minimum atomic E-state index is -4.49. The number of alkyl halides is 3. The molecule has 0 bridgehead atoms. The Morgan fingerprint density at radius 3 is 2.63 bits per heavy atom. The van der Waals surface area contributed by atoms with Crippen molar-refractivity contribution in [2.24, 2.45) is 5.10 Å². The van der Waals surface area contributed by atoms with Crippen molar-refractivity contribution in [3.63, 3.8) is 0 Å². The maximum absolute atomic E-state index is 12.9. The topological polar surface area (TPSA) is 50.7 Å². The Balaban J connectivity index is 1.77. The number of amides is 1. The molecule has 0 aliphatic rings. The van der Waals surface area contributed by atoms with Gasteiger partial charge in [0.15, 0.2) is 0 Å². The van der Waals surface area contributed by atoms with Crippen LogP contribution >= 0.6 is 23.2 Å². The average molecular weight is 419 g/mol. The molecule has 0 aliphatic heterocycles. The highest BCUT2D eigenvalue weighted by atomic mass is 35.5. The van der Waals surface area contributed by atoms with Crippen LogP contribution in [0.15, 0.2) is 47.6 Å². The van der Waals surface area contributed by atoms with Gasteiger partial charge < -0.3 is 4.74 Å². The molecule has 1 amide bonds. The lowest BCUT2D eigenvalue weighted by molar-refractivity contribution is -0.137. The van der Waals surface area contributed by atoms with Crippen LogP contribution in [-0.4, -0.2) is 18.7 Å². The molecule has 0 radical (unpaired) electrons. The predicted octanol–water partition coefficient (Wildman–Crippen LogP) is 5.32. The zero-order valence-corrected chi connectivity index (χ0v) is 15.4. The number of carbonyl (C=O) groups is 1. The lowest BCUT2D eigenvalue weighted by Crippen LogP contribution is -2.18. The summed E-state index contributed by atoms with van der Waals surface area (Å²) < 4.78 is 44.0. The Morgan fingerprint density at radius 1 is 1.19 bits per heavy atom. The minimum absolute atomic E-state index is 0.0868. The maximum Gasteiger partial charge on any atom is 0.417 e. The summed E-state index contributed by atoms with van der Waals surface area (Å²) >= 11 is 11.7. The number of nitrogens with zero attached hydrogens (tertiary/aromatic N) is 1. The summed E-state index contributed by atoms with van der Waals surface area (Å²) in [6, 6.07) is 9.74. The quantitative estimate of drug-likeness (QED) is 0.375. The number of nitrogens with one attached hydrogen (secondary N) is 1. The molecule has 0 fully saturated rings. The minimum Gasteiger partial charge on any atom is -0.492 e. The molecule has 0 aromatic heterocycles. The van der Waals surface area contributed by atoms with E-state index in [2.05, 4.69) is 10.5 Å². The van der Waals surface area contributed by atoms with E-state index in [1.165, 1.54) is 18.2 Å². The molecule has 2 aromatic rings. The first kappa shape index (κ1) is 21.1. The molecule has 2 aromatic carbocycles. The number of halogens is 5. The van der Waals surface area contributed by atoms with E-state index < -0.39 is 17.6 Å². The highest BCUT2D eigenvalue weighted by Crippen LogP contribution is 2.31. The van der Waals surface area contributed by atoms with Crippen molar-refractivity contribution in [1.29, 1.82) is 0 Å². The van der Waals surface area contributed by atoms with Gasteiger partial charge in [-0.05, 0) is 30.7 Å². The third-order valence-corrected chi connectivity index (χ3v) is 3.89.